The molecule has 2 heteroatoms. The molecule has 0 unspecified atom stereocenters. The van der Waals surface area contributed by atoms with E-state index in [-0.39, 0.29) is 0 Å². The van der Waals surface area contributed by atoms with E-state index in [4.69, 9.17) is 9.47 Å². The zero-order chi connectivity index (χ0) is 21.3. The summed E-state index contributed by atoms with van der Waals surface area (Å²) >= 11 is 0. The van der Waals surface area contributed by atoms with Crippen molar-refractivity contribution < 1.29 is 9.47 Å². The predicted octanol–water partition coefficient (Wildman–Crippen LogP) is 7.91. The van der Waals surface area contributed by atoms with E-state index in [1.165, 1.54) is 38.2 Å². The summed E-state index contributed by atoms with van der Waals surface area (Å²) in [5.74, 6) is 1.98. The summed E-state index contributed by atoms with van der Waals surface area (Å²) in [5.41, 5.74) is 5.06. The molecule has 0 fully saturated rings. The van der Waals surface area contributed by atoms with E-state index in [1.807, 2.05) is 0 Å². The van der Waals surface area contributed by atoms with Gasteiger partial charge in [0, 0.05) is 16.7 Å². The Morgan fingerprint density at radius 1 is 0.594 bits per heavy atom. The fourth-order valence-corrected chi connectivity index (χ4v) is 5.14. The molecular formula is C30H26O2. The Morgan fingerprint density at radius 2 is 1.19 bits per heavy atom. The minimum Gasteiger partial charge on any atom is -0.493 e. The normalized spacial score (nSPS) is 16.2. The van der Waals surface area contributed by atoms with Gasteiger partial charge >= 0.3 is 0 Å². The number of fused-ring (bicyclic) bond motifs is 6. The molecule has 2 bridgehead atoms. The van der Waals surface area contributed by atoms with Crippen LogP contribution in [0.2, 0.25) is 0 Å². The molecule has 32 heavy (non-hydrogen) atoms. The van der Waals surface area contributed by atoms with Crippen molar-refractivity contribution in [3.63, 3.8) is 0 Å². The lowest BCUT2D eigenvalue weighted by Gasteiger charge is -2.24. The maximum absolute atomic E-state index is 6.35. The van der Waals surface area contributed by atoms with Gasteiger partial charge in [0.05, 0.1) is 13.2 Å². The fraction of sp³-hybridized carbons (Fsp3) is 0.200. The second-order valence-electron chi connectivity index (χ2n) is 8.53. The van der Waals surface area contributed by atoms with Crippen LogP contribution in [0, 0.1) is 0 Å². The molecule has 0 amide bonds. The highest BCUT2D eigenvalue weighted by Gasteiger charge is 2.22. The van der Waals surface area contributed by atoms with Crippen molar-refractivity contribution in [2.75, 3.05) is 13.2 Å². The summed E-state index contributed by atoms with van der Waals surface area (Å²) < 4.78 is 12.7. The van der Waals surface area contributed by atoms with Gasteiger partial charge in [0.2, 0.25) is 0 Å². The number of ether oxygens (including phenoxy) is 2. The van der Waals surface area contributed by atoms with Crippen LogP contribution in [-0.2, 0) is 4.74 Å². The monoisotopic (exact) mass is 418 g/mol. The average Bonchev–Trinajstić information content (AvgIpc) is 2.85. The van der Waals surface area contributed by atoms with Crippen LogP contribution in [0.4, 0.5) is 0 Å². The molecule has 0 aromatic heterocycles. The lowest BCUT2D eigenvalue weighted by molar-refractivity contribution is 0.206. The summed E-state index contributed by atoms with van der Waals surface area (Å²) in [6.07, 6.45) is 8.40. The van der Waals surface area contributed by atoms with Gasteiger partial charge in [0.15, 0.2) is 0 Å². The lowest BCUT2D eigenvalue weighted by Crippen LogP contribution is -2.06. The third-order valence-electron chi connectivity index (χ3n) is 6.57. The van der Waals surface area contributed by atoms with Crippen LogP contribution in [0.3, 0.4) is 0 Å². The van der Waals surface area contributed by atoms with Gasteiger partial charge in [-0.1, -0.05) is 72.8 Å². The number of benzene rings is 4. The molecule has 2 aliphatic rings. The topological polar surface area (TPSA) is 18.5 Å². The van der Waals surface area contributed by atoms with E-state index in [9.17, 15) is 0 Å². The number of rotatable bonds is 0. The summed E-state index contributed by atoms with van der Waals surface area (Å²) in [6.45, 7) is 1.40. The molecule has 0 saturated carbocycles. The largest absolute Gasteiger partial charge is 0.493 e. The van der Waals surface area contributed by atoms with Crippen molar-refractivity contribution in [2.24, 2.45) is 0 Å². The molecule has 0 saturated heterocycles. The molecule has 0 atom stereocenters. The third-order valence-corrected chi connectivity index (χ3v) is 6.57. The Hall–Kier alpha value is -3.52. The first kappa shape index (κ1) is 19.2. The zero-order valence-electron chi connectivity index (χ0n) is 18.1. The molecule has 2 nitrogen and oxygen atoms in total. The molecule has 4 aromatic rings. The van der Waals surface area contributed by atoms with Crippen LogP contribution >= 0.6 is 0 Å². The van der Waals surface area contributed by atoms with Crippen LogP contribution in [0.5, 0.6) is 5.75 Å². The highest BCUT2D eigenvalue weighted by molar-refractivity contribution is 6.19. The summed E-state index contributed by atoms with van der Waals surface area (Å²) in [6, 6.07) is 26.1. The SMILES string of the molecule is C1=CC2=C(CC1)c1c3ccccc3c(c3ccccc13)-c1ccccc1OCCCCO2. The minimum absolute atomic E-state index is 0.691. The first-order valence-corrected chi connectivity index (χ1v) is 11.6. The molecule has 0 N–H and O–H groups in total. The Kier molecular flexibility index (Phi) is 4.92. The number of hydrogen-bond donors (Lipinski definition) is 0. The highest BCUT2D eigenvalue weighted by Crippen LogP contribution is 2.46. The van der Waals surface area contributed by atoms with Crippen LogP contribution < -0.4 is 4.74 Å². The summed E-state index contributed by atoms with van der Waals surface area (Å²) in [7, 11) is 0. The van der Waals surface area contributed by atoms with Crippen LogP contribution in [-0.4, -0.2) is 13.2 Å². The minimum atomic E-state index is 0.691. The first-order chi connectivity index (χ1) is 15.9. The Morgan fingerprint density at radius 3 is 1.91 bits per heavy atom. The van der Waals surface area contributed by atoms with Gasteiger partial charge in [-0.25, -0.2) is 0 Å². The van der Waals surface area contributed by atoms with Crippen molar-refractivity contribution in [1.29, 1.82) is 0 Å². The molecule has 158 valence electrons. The molecule has 1 heterocycles. The summed E-state index contributed by atoms with van der Waals surface area (Å²) in [4.78, 5) is 0. The highest BCUT2D eigenvalue weighted by atomic mass is 16.5. The third kappa shape index (κ3) is 3.18. The Bertz CT molecular complexity index is 1320. The number of allylic oxidation sites excluding steroid dienone is 3. The maximum Gasteiger partial charge on any atom is 0.127 e. The Labute approximate surface area is 188 Å². The molecule has 4 aromatic carbocycles. The molecule has 0 radical (unpaired) electrons. The average molecular weight is 419 g/mol. The van der Waals surface area contributed by atoms with Crippen LogP contribution in [0.25, 0.3) is 38.2 Å². The second-order valence-corrected chi connectivity index (χ2v) is 8.53. The van der Waals surface area contributed by atoms with Gasteiger partial charge in [0.1, 0.15) is 11.5 Å². The fourth-order valence-electron chi connectivity index (χ4n) is 5.14. The van der Waals surface area contributed by atoms with Crippen molar-refractivity contribution in [1.82, 2.24) is 0 Å². The van der Waals surface area contributed by atoms with Gasteiger partial charge in [-0.2, -0.15) is 0 Å². The number of para-hydroxylation sites is 1. The van der Waals surface area contributed by atoms with Crippen LogP contribution in [0.15, 0.2) is 90.7 Å². The van der Waals surface area contributed by atoms with E-state index in [2.05, 4.69) is 84.9 Å². The molecule has 1 aliphatic heterocycles. The lowest BCUT2D eigenvalue weighted by atomic mass is 9.83. The van der Waals surface area contributed by atoms with E-state index < -0.39 is 0 Å². The van der Waals surface area contributed by atoms with Crippen molar-refractivity contribution >= 4 is 27.1 Å². The smallest absolute Gasteiger partial charge is 0.127 e. The standard InChI is InChI=1S/C30H26O2/c1-2-12-22-21(11-1)29-23-13-3-4-14-24(23)30(22)26-16-6-8-18-28(26)32-20-10-9-19-31-27-17-7-5-15-25(27)29/h1-5,7-8,11-15,17-18H,6,9-10,16,19-20H2. The van der Waals surface area contributed by atoms with Gasteiger partial charge in [0.25, 0.3) is 0 Å². The van der Waals surface area contributed by atoms with Gasteiger partial charge in [-0.3, -0.25) is 0 Å². The maximum atomic E-state index is 6.35. The number of hydrogen-bond acceptors (Lipinski definition) is 2. The molecule has 6 rings (SSSR count). The summed E-state index contributed by atoms with van der Waals surface area (Å²) in [5, 5.41) is 5.07. The quantitative estimate of drug-likeness (QED) is 0.270. The second kappa shape index (κ2) is 8.20. The van der Waals surface area contributed by atoms with E-state index >= 15 is 0 Å². The van der Waals surface area contributed by atoms with Crippen molar-refractivity contribution in [2.45, 2.75) is 25.7 Å². The van der Waals surface area contributed by atoms with Crippen molar-refractivity contribution in [3.8, 4) is 16.9 Å². The van der Waals surface area contributed by atoms with E-state index in [0.717, 1.165) is 42.8 Å². The first-order valence-electron chi connectivity index (χ1n) is 11.6. The zero-order valence-corrected chi connectivity index (χ0v) is 18.1. The van der Waals surface area contributed by atoms with Gasteiger partial charge in [-0.15, -0.1) is 0 Å². The van der Waals surface area contributed by atoms with Crippen molar-refractivity contribution in [3.05, 3.63) is 96.3 Å². The van der Waals surface area contributed by atoms with E-state index in [1.54, 1.807) is 0 Å². The molecular weight excluding hydrogens is 392 g/mol. The Balaban J connectivity index is 1.79. The van der Waals surface area contributed by atoms with Gasteiger partial charge < -0.3 is 9.47 Å². The molecule has 0 spiro atoms. The van der Waals surface area contributed by atoms with Gasteiger partial charge in [-0.05, 0) is 64.9 Å². The molecule has 1 aliphatic carbocycles. The predicted molar refractivity (Wildman–Crippen MR) is 133 cm³/mol. The van der Waals surface area contributed by atoms with E-state index in [0.29, 0.717) is 13.2 Å². The van der Waals surface area contributed by atoms with Crippen LogP contribution in [0.1, 0.15) is 31.2 Å².